The smallest absolute Gasteiger partial charge is 0.240 e. The van der Waals surface area contributed by atoms with E-state index in [2.05, 4.69) is 4.72 Å². The van der Waals surface area contributed by atoms with Gasteiger partial charge in [-0.1, -0.05) is 13.8 Å². The van der Waals surface area contributed by atoms with Crippen LogP contribution < -0.4 is 4.72 Å². The average molecular weight is 314 g/mol. The Bertz CT molecular complexity index is 626. The summed E-state index contributed by atoms with van der Waals surface area (Å²) in [5.41, 5.74) is -0.845. The van der Waals surface area contributed by atoms with E-state index in [0.29, 0.717) is 12.8 Å². The minimum absolute atomic E-state index is 0.0814. The maximum Gasteiger partial charge on any atom is 0.240 e. The first-order chi connectivity index (χ1) is 9.84. The molecule has 2 N–H and O–H groups in total. The number of rotatable bonds is 7. The third kappa shape index (κ3) is 4.00. The van der Waals surface area contributed by atoms with Crippen molar-refractivity contribution in [2.24, 2.45) is 5.41 Å². The topological polar surface area (TPSA) is 90.2 Å². The van der Waals surface area contributed by atoms with Crippen LogP contribution in [0, 0.1) is 22.6 Å². The summed E-state index contributed by atoms with van der Waals surface area (Å²) >= 11 is 0. The van der Waals surface area contributed by atoms with E-state index in [9.17, 15) is 17.9 Å². The molecule has 0 saturated carbocycles. The van der Waals surface area contributed by atoms with Gasteiger partial charge < -0.3 is 5.11 Å². The van der Waals surface area contributed by atoms with Gasteiger partial charge in [-0.05, 0) is 31.0 Å². The number of aliphatic hydroxyl groups excluding tert-OH is 1. The number of nitrogens with zero attached hydrogens (tertiary/aromatic N) is 1. The molecule has 1 rings (SSSR count). The predicted molar refractivity (Wildman–Crippen MR) is 76.4 cm³/mol. The van der Waals surface area contributed by atoms with E-state index in [0.717, 1.165) is 18.2 Å². The molecule has 0 aromatic heterocycles. The van der Waals surface area contributed by atoms with E-state index in [1.807, 2.05) is 13.8 Å². The number of hydrogen-bond donors (Lipinski definition) is 2. The Morgan fingerprint density at radius 2 is 2.00 bits per heavy atom. The van der Waals surface area contributed by atoms with E-state index in [1.165, 1.54) is 0 Å². The minimum atomic E-state index is -3.85. The SMILES string of the molecule is CCC(CC)(CO)CNS(=O)(=O)c1ccc(F)c(C#N)c1. The molecule has 0 bridgehead atoms. The first-order valence-corrected chi connectivity index (χ1v) is 8.12. The highest BCUT2D eigenvalue weighted by Gasteiger charge is 2.28. The quantitative estimate of drug-likeness (QED) is 0.802. The van der Waals surface area contributed by atoms with Crippen molar-refractivity contribution >= 4 is 10.0 Å². The standard InChI is InChI=1S/C14H19FN2O3S/c1-3-14(4-2,10-18)9-17-21(19,20)12-5-6-13(15)11(7-12)8-16/h5-7,17-18H,3-4,9-10H2,1-2H3. The molecular weight excluding hydrogens is 295 g/mol. The molecule has 7 heteroatoms. The van der Waals surface area contributed by atoms with Crippen LogP contribution in [0.1, 0.15) is 32.3 Å². The zero-order valence-corrected chi connectivity index (χ0v) is 12.9. The predicted octanol–water partition coefficient (Wildman–Crippen LogP) is 1.77. The lowest BCUT2D eigenvalue weighted by molar-refractivity contribution is 0.119. The van der Waals surface area contributed by atoms with Crippen LogP contribution in [0.4, 0.5) is 4.39 Å². The fraction of sp³-hybridized carbons (Fsp3) is 0.500. The van der Waals surface area contributed by atoms with Crippen molar-refractivity contribution in [1.29, 1.82) is 5.26 Å². The second-order valence-electron chi connectivity index (χ2n) is 4.94. The van der Waals surface area contributed by atoms with Crippen molar-refractivity contribution in [3.63, 3.8) is 0 Å². The molecule has 0 aliphatic rings. The van der Waals surface area contributed by atoms with Crippen molar-refractivity contribution in [2.75, 3.05) is 13.2 Å². The molecule has 0 fully saturated rings. The summed E-state index contributed by atoms with van der Waals surface area (Å²) in [5, 5.41) is 18.2. The van der Waals surface area contributed by atoms with Gasteiger partial charge in [-0.2, -0.15) is 5.26 Å². The van der Waals surface area contributed by atoms with Gasteiger partial charge in [0.25, 0.3) is 0 Å². The normalized spacial score (nSPS) is 12.1. The molecule has 1 aromatic carbocycles. The van der Waals surface area contributed by atoms with Crippen LogP contribution in [-0.2, 0) is 10.0 Å². The maximum atomic E-state index is 13.2. The molecule has 0 atom stereocenters. The molecule has 116 valence electrons. The van der Waals surface area contributed by atoms with Gasteiger partial charge in [-0.15, -0.1) is 0 Å². The summed E-state index contributed by atoms with van der Waals surface area (Å²) in [7, 11) is -3.85. The van der Waals surface area contributed by atoms with Gasteiger partial charge in [-0.25, -0.2) is 17.5 Å². The van der Waals surface area contributed by atoms with Crippen molar-refractivity contribution in [1.82, 2.24) is 4.72 Å². The molecule has 0 radical (unpaired) electrons. The van der Waals surface area contributed by atoms with Crippen molar-refractivity contribution in [2.45, 2.75) is 31.6 Å². The van der Waals surface area contributed by atoms with Crippen LogP contribution in [0.2, 0.25) is 0 Å². The number of sulfonamides is 1. The number of halogens is 1. The Morgan fingerprint density at radius 1 is 1.38 bits per heavy atom. The number of benzene rings is 1. The number of nitrogens with one attached hydrogen (secondary N) is 1. The second kappa shape index (κ2) is 6.98. The molecule has 5 nitrogen and oxygen atoms in total. The number of aliphatic hydroxyl groups is 1. The Morgan fingerprint density at radius 3 is 2.48 bits per heavy atom. The largest absolute Gasteiger partial charge is 0.396 e. The average Bonchev–Trinajstić information content (AvgIpc) is 2.49. The Labute approximate surface area is 124 Å². The van der Waals surface area contributed by atoms with E-state index >= 15 is 0 Å². The molecule has 0 aliphatic carbocycles. The first kappa shape index (κ1) is 17.6. The molecule has 0 spiro atoms. The first-order valence-electron chi connectivity index (χ1n) is 6.64. The zero-order chi connectivity index (χ0) is 16.1. The fourth-order valence-electron chi connectivity index (χ4n) is 1.87. The van der Waals surface area contributed by atoms with Gasteiger partial charge in [0.15, 0.2) is 0 Å². The minimum Gasteiger partial charge on any atom is -0.396 e. The van der Waals surface area contributed by atoms with Crippen LogP contribution >= 0.6 is 0 Å². The molecular formula is C14H19FN2O3S. The highest BCUT2D eigenvalue weighted by atomic mass is 32.2. The molecule has 0 amide bonds. The summed E-state index contributed by atoms with van der Waals surface area (Å²) in [6.45, 7) is 3.70. The van der Waals surface area contributed by atoms with Crippen LogP contribution in [0.25, 0.3) is 0 Å². The third-order valence-corrected chi connectivity index (χ3v) is 5.24. The van der Waals surface area contributed by atoms with E-state index in [-0.39, 0.29) is 23.6 Å². The summed E-state index contributed by atoms with van der Waals surface area (Å²) < 4.78 is 40.0. The van der Waals surface area contributed by atoms with Crippen LogP contribution in [0.5, 0.6) is 0 Å². The van der Waals surface area contributed by atoms with Gasteiger partial charge in [-0.3, -0.25) is 0 Å². The Balaban J connectivity index is 3.00. The van der Waals surface area contributed by atoms with E-state index in [4.69, 9.17) is 5.26 Å². The molecule has 0 heterocycles. The molecule has 1 aromatic rings. The molecule has 21 heavy (non-hydrogen) atoms. The number of nitriles is 1. The van der Waals surface area contributed by atoms with Crippen LogP contribution in [0.15, 0.2) is 23.1 Å². The van der Waals surface area contributed by atoms with Crippen molar-refractivity contribution in [3.8, 4) is 6.07 Å². The lowest BCUT2D eigenvalue weighted by Gasteiger charge is -2.29. The van der Waals surface area contributed by atoms with Gasteiger partial charge in [0.05, 0.1) is 10.5 Å². The van der Waals surface area contributed by atoms with Crippen molar-refractivity contribution in [3.05, 3.63) is 29.6 Å². The highest BCUT2D eigenvalue weighted by molar-refractivity contribution is 7.89. The molecule has 0 saturated heterocycles. The summed E-state index contributed by atoms with van der Waals surface area (Å²) in [6.07, 6.45) is 1.24. The van der Waals surface area contributed by atoms with Gasteiger partial charge in [0.2, 0.25) is 10.0 Å². The monoisotopic (exact) mass is 314 g/mol. The summed E-state index contributed by atoms with van der Waals surface area (Å²) in [4.78, 5) is -0.167. The van der Waals surface area contributed by atoms with Crippen LogP contribution in [-0.4, -0.2) is 26.7 Å². The van der Waals surface area contributed by atoms with E-state index in [1.54, 1.807) is 6.07 Å². The molecule has 0 aliphatic heterocycles. The van der Waals surface area contributed by atoms with E-state index < -0.39 is 21.3 Å². The van der Waals surface area contributed by atoms with Gasteiger partial charge in [0, 0.05) is 18.6 Å². The Kier molecular flexibility index (Phi) is 5.84. The summed E-state index contributed by atoms with van der Waals surface area (Å²) in [5.74, 6) is -0.761. The second-order valence-corrected chi connectivity index (χ2v) is 6.71. The Hall–Kier alpha value is -1.49. The molecule has 0 unspecified atom stereocenters. The number of hydrogen-bond acceptors (Lipinski definition) is 4. The fourth-order valence-corrected chi connectivity index (χ4v) is 3.05. The van der Waals surface area contributed by atoms with Gasteiger partial charge >= 0.3 is 0 Å². The lowest BCUT2D eigenvalue weighted by atomic mass is 9.84. The third-order valence-electron chi connectivity index (χ3n) is 3.84. The summed E-state index contributed by atoms with van der Waals surface area (Å²) in [6, 6.07) is 4.66. The maximum absolute atomic E-state index is 13.2. The van der Waals surface area contributed by atoms with Crippen LogP contribution in [0.3, 0.4) is 0 Å². The van der Waals surface area contributed by atoms with Crippen molar-refractivity contribution < 1.29 is 17.9 Å². The highest BCUT2D eigenvalue weighted by Crippen LogP contribution is 2.25. The zero-order valence-electron chi connectivity index (χ0n) is 12.1. The van der Waals surface area contributed by atoms with Gasteiger partial charge in [0.1, 0.15) is 11.9 Å². The lowest BCUT2D eigenvalue weighted by Crippen LogP contribution is -2.39.